The Bertz CT molecular complexity index is 718. The van der Waals surface area contributed by atoms with E-state index >= 15 is 0 Å². The SMILES string of the molecule is O=C(NCCc1ccccn1)C(=O)Nc1cccc(C(F)(F)F)c1. The molecular weight excluding hydrogens is 323 g/mol. The molecule has 0 radical (unpaired) electrons. The van der Waals surface area contributed by atoms with Crippen molar-refractivity contribution in [1.82, 2.24) is 10.3 Å². The summed E-state index contributed by atoms with van der Waals surface area (Å²) in [6.45, 7) is 0.186. The number of nitrogens with zero attached hydrogens (tertiary/aromatic N) is 1. The number of benzene rings is 1. The van der Waals surface area contributed by atoms with Crippen molar-refractivity contribution in [3.05, 3.63) is 59.9 Å². The molecule has 0 aliphatic heterocycles. The minimum atomic E-state index is -4.52. The van der Waals surface area contributed by atoms with E-state index in [4.69, 9.17) is 0 Å². The molecule has 126 valence electrons. The number of amides is 2. The fourth-order valence-electron chi connectivity index (χ4n) is 1.89. The minimum Gasteiger partial charge on any atom is -0.347 e. The summed E-state index contributed by atoms with van der Waals surface area (Å²) >= 11 is 0. The largest absolute Gasteiger partial charge is 0.416 e. The maximum Gasteiger partial charge on any atom is 0.416 e. The third kappa shape index (κ3) is 5.08. The van der Waals surface area contributed by atoms with Crippen LogP contribution in [0.15, 0.2) is 48.7 Å². The number of pyridine rings is 1. The molecule has 1 heterocycles. The van der Waals surface area contributed by atoms with E-state index in [2.05, 4.69) is 15.6 Å². The molecule has 2 rings (SSSR count). The van der Waals surface area contributed by atoms with E-state index in [0.717, 1.165) is 23.9 Å². The summed E-state index contributed by atoms with van der Waals surface area (Å²) in [6.07, 6.45) is -2.48. The Hall–Kier alpha value is -2.90. The lowest BCUT2D eigenvalue weighted by Gasteiger charge is -2.10. The molecule has 2 N–H and O–H groups in total. The first-order valence-corrected chi connectivity index (χ1v) is 7.02. The van der Waals surface area contributed by atoms with E-state index in [9.17, 15) is 22.8 Å². The van der Waals surface area contributed by atoms with Crippen LogP contribution in [0.25, 0.3) is 0 Å². The van der Waals surface area contributed by atoms with Gasteiger partial charge in [-0.1, -0.05) is 12.1 Å². The first kappa shape index (κ1) is 17.5. The Labute approximate surface area is 135 Å². The third-order valence-electron chi connectivity index (χ3n) is 3.05. The fraction of sp³-hybridized carbons (Fsp3) is 0.188. The van der Waals surface area contributed by atoms with Crippen molar-refractivity contribution in [3.63, 3.8) is 0 Å². The van der Waals surface area contributed by atoms with Crippen molar-refractivity contribution < 1.29 is 22.8 Å². The minimum absolute atomic E-state index is 0.102. The summed E-state index contributed by atoms with van der Waals surface area (Å²) in [6, 6.07) is 9.39. The molecule has 2 aromatic rings. The summed E-state index contributed by atoms with van der Waals surface area (Å²) in [5.74, 6) is -1.96. The zero-order chi connectivity index (χ0) is 17.6. The van der Waals surface area contributed by atoms with Gasteiger partial charge in [0.15, 0.2) is 0 Å². The number of carbonyl (C=O) groups excluding carboxylic acids is 2. The van der Waals surface area contributed by atoms with Crippen LogP contribution in [0.2, 0.25) is 0 Å². The maximum absolute atomic E-state index is 12.6. The van der Waals surface area contributed by atoms with E-state index in [1.165, 1.54) is 6.07 Å². The zero-order valence-corrected chi connectivity index (χ0v) is 12.4. The van der Waals surface area contributed by atoms with Crippen LogP contribution in [0.1, 0.15) is 11.3 Å². The van der Waals surface area contributed by atoms with Crippen molar-refractivity contribution in [2.75, 3.05) is 11.9 Å². The smallest absolute Gasteiger partial charge is 0.347 e. The van der Waals surface area contributed by atoms with E-state index in [1.54, 1.807) is 24.4 Å². The lowest BCUT2D eigenvalue weighted by atomic mass is 10.2. The van der Waals surface area contributed by atoms with Gasteiger partial charge >= 0.3 is 18.0 Å². The number of hydrogen-bond donors (Lipinski definition) is 2. The van der Waals surface area contributed by atoms with Gasteiger partial charge < -0.3 is 10.6 Å². The average Bonchev–Trinajstić information content (AvgIpc) is 2.55. The normalized spacial score (nSPS) is 11.0. The summed E-state index contributed by atoms with van der Waals surface area (Å²) in [7, 11) is 0. The fourth-order valence-corrected chi connectivity index (χ4v) is 1.89. The Morgan fingerprint density at radius 1 is 1.04 bits per heavy atom. The molecular formula is C16H14F3N3O2. The molecule has 1 aromatic carbocycles. The van der Waals surface area contributed by atoms with Gasteiger partial charge in [0.25, 0.3) is 0 Å². The number of nitrogens with one attached hydrogen (secondary N) is 2. The summed E-state index contributed by atoms with van der Waals surface area (Å²) in [4.78, 5) is 27.4. The van der Waals surface area contributed by atoms with Gasteiger partial charge in [0.2, 0.25) is 0 Å². The third-order valence-corrected chi connectivity index (χ3v) is 3.05. The number of halogens is 3. The number of aromatic nitrogens is 1. The van der Waals surface area contributed by atoms with Crippen LogP contribution in [0.5, 0.6) is 0 Å². The molecule has 24 heavy (non-hydrogen) atoms. The molecule has 0 unspecified atom stereocenters. The van der Waals surface area contributed by atoms with Crippen LogP contribution in [-0.4, -0.2) is 23.3 Å². The Kier molecular flexibility index (Phi) is 5.51. The lowest BCUT2D eigenvalue weighted by Crippen LogP contribution is -2.36. The molecule has 0 fully saturated rings. The van der Waals surface area contributed by atoms with Crippen molar-refractivity contribution in [1.29, 1.82) is 0 Å². The number of hydrogen-bond acceptors (Lipinski definition) is 3. The van der Waals surface area contributed by atoms with Crippen LogP contribution in [0, 0.1) is 0 Å². The summed E-state index contributed by atoms with van der Waals surface area (Å²) < 4.78 is 37.8. The van der Waals surface area contributed by atoms with Crippen LogP contribution >= 0.6 is 0 Å². The van der Waals surface area contributed by atoms with Gasteiger partial charge in [-0.2, -0.15) is 13.2 Å². The van der Waals surface area contributed by atoms with Crippen molar-refractivity contribution in [3.8, 4) is 0 Å². The van der Waals surface area contributed by atoms with Gasteiger partial charge in [-0.25, -0.2) is 0 Å². The first-order valence-electron chi connectivity index (χ1n) is 7.02. The molecule has 0 saturated carbocycles. The topological polar surface area (TPSA) is 71.1 Å². The van der Waals surface area contributed by atoms with Crippen molar-refractivity contribution in [2.45, 2.75) is 12.6 Å². The molecule has 0 spiro atoms. The van der Waals surface area contributed by atoms with E-state index in [-0.39, 0.29) is 12.2 Å². The second kappa shape index (κ2) is 7.58. The Morgan fingerprint density at radius 2 is 1.83 bits per heavy atom. The van der Waals surface area contributed by atoms with E-state index in [0.29, 0.717) is 6.42 Å². The number of rotatable bonds is 4. The summed E-state index contributed by atoms with van der Waals surface area (Å²) in [5, 5.41) is 4.52. The van der Waals surface area contributed by atoms with Gasteiger partial charge in [0.1, 0.15) is 0 Å². The quantitative estimate of drug-likeness (QED) is 0.842. The average molecular weight is 337 g/mol. The highest BCUT2D eigenvalue weighted by Crippen LogP contribution is 2.30. The monoisotopic (exact) mass is 337 g/mol. The Balaban J connectivity index is 1.86. The predicted molar refractivity (Wildman–Crippen MR) is 81.0 cm³/mol. The van der Waals surface area contributed by atoms with Crippen molar-refractivity contribution in [2.24, 2.45) is 0 Å². The van der Waals surface area contributed by atoms with Gasteiger partial charge in [-0.3, -0.25) is 14.6 Å². The summed E-state index contributed by atoms with van der Waals surface area (Å²) in [5.41, 5.74) is -0.262. The highest BCUT2D eigenvalue weighted by Gasteiger charge is 2.30. The first-order chi connectivity index (χ1) is 11.4. The molecule has 8 heteroatoms. The molecule has 0 atom stereocenters. The van der Waals surface area contributed by atoms with Crippen LogP contribution in [-0.2, 0) is 22.2 Å². The van der Waals surface area contributed by atoms with Gasteiger partial charge in [-0.05, 0) is 30.3 Å². The van der Waals surface area contributed by atoms with E-state index < -0.39 is 23.6 Å². The molecule has 2 amide bonds. The van der Waals surface area contributed by atoms with Crippen molar-refractivity contribution >= 4 is 17.5 Å². The molecule has 0 aliphatic carbocycles. The van der Waals surface area contributed by atoms with Crippen LogP contribution in [0.4, 0.5) is 18.9 Å². The second-order valence-corrected chi connectivity index (χ2v) is 4.86. The Morgan fingerprint density at radius 3 is 2.50 bits per heavy atom. The standard InChI is InChI=1S/C16H14F3N3O2/c17-16(18,19)11-4-3-6-13(10-11)22-15(24)14(23)21-9-7-12-5-1-2-8-20-12/h1-6,8,10H,7,9H2,(H,21,23)(H,22,24). The lowest BCUT2D eigenvalue weighted by molar-refractivity contribution is -0.137. The number of anilines is 1. The van der Waals surface area contributed by atoms with Gasteiger partial charge in [-0.15, -0.1) is 0 Å². The van der Waals surface area contributed by atoms with Gasteiger partial charge in [0, 0.05) is 30.5 Å². The molecule has 0 bridgehead atoms. The molecule has 5 nitrogen and oxygen atoms in total. The van der Waals surface area contributed by atoms with Gasteiger partial charge in [0.05, 0.1) is 5.56 Å². The number of carbonyl (C=O) groups is 2. The second-order valence-electron chi connectivity index (χ2n) is 4.86. The zero-order valence-electron chi connectivity index (χ0n) is 12.4. The molecule has 0 saturated heterocycles. The number of alkyl halides is 3. The predicted octanol–water partition coefficient (Wildman–Crippen LogP) is 2.40. The highest BCUT2D eigenvalue weighted by atomic mass is 19.4. The van der Waals surface area contributed by atoms with Crippen LogP contribution in [0.3, 0.4) is 0 Å². The van der Waals surface area contributed by atoms with Crippen LogP contribution < -0.4 is 10.6 Å². The molecule has 1 aromatic heterocycles. The molecule has 0 aliphatic rings. The maximum atomic E-state index is 12.6. The highest BCUT2D eigenvalue weighted by molar-refractivity contribution is 6.39. The van der Waals surface area contributed by atoms with E-state index in [1.807, 2.05) is 0 Å².